The van der Waals surface area contributed by atoms with Gasteiger partial charge in [0.05, 0.1) is 34.0 Å². The van der Waals surface area contributed by atoms with E-state index in [1.54, 1.807) is 6.07 Å². The number of methoxy groups -OCH3 is 2. The van der Waals surface area contributed by atoms with E-state index < -0.39 is 10.0 Å². The molecule has 0 unspecified atom stereocenters. The quantitative estimate of drug-likeness (QED) is 0.727. The van der Waals surface area contributed by atoms with E-state index in [1.165, 1.54) is 26.4 Å². The highest BCUT2D eigenvalue weighted by atomic mass is 32.2. The molecule has 1 aromatic heterocycles. The number of aryl methyl sites for hydroxylation is 1. The molecule has 0 aliphatic carbocycles. The van der Waals surface area contributed by atoms with Gasteiger partial charge in [-0.15, -0.1) is 0 Å². The van der Waals surface area contributed by atoms with Crippen LogP contribution in [0, 0.1) is 6.92 Å². The third-order valence-corrected chi connectivity index (χ3v) is 5.74. The Morgan fingerprint density at radius 3 is 2.57 bits per heavy atom. The fourth-order valence-corrected chi connectivity index (χ4v) is 4.01. The van der Waals surface area contributed by atoms with Gasteiger partial charge in [-0.1, -0.05) is 0 Å². The third-order valence-electron chi connectivity index (χ3n) is 4.30. The van der Waals surface area contributed by atoms with Crippen LogP contribution in [0.5, 0.6) is 11.5 Å². The number of nitrogens with one attached hydrogen (secondary N) is 1. The lowest BCUT2D eigenvalue weighted by atomic mass is 10.3. The van der Waals surface area contributed by atoms with Crippen molar-refractivity contribution < 1.29 is 22.6 Å². The van der Waals surface area contributed by atoms with Crippen LogP contribution in [0.25, 0.3) is 0 Å². The Morgan fingerprint density at radius 1 is 1.14 bits per heavy atom. The van der Waals surface area contributed by atoms with Crippen LogP contribution in [-0.2, 0) is 21.3 Å². The zero-order valence-electron chi connectivity index (χ0n) is 16.1. The molecule has 152 valence electrons. The van der Waals surface area contributed by atoms with Crippen molar-refractivity contribution in [2.45, 2.75) is 18.4 Å². The van der Waals surface area contributed by atoms with E-state index in [1.807, 2.05) is 13.0 Å². The van der Waals surface area contributed by atoms with Crippen LogP contribution in [0.2, 0.25) is 0 Å². The van der Waals surface area contributed by atoms with Gasteiger partial charge in [0.1, 0.15) is 28.0 Å². The molecule has 1 saturated heterocycles. The summed E-state index contributed by atoms with van der Waals surface area (Å²) in [6, 6.07) is 6.41. The van der Waals surface area contributed by atoms with E-state index in [9.17, 15) is 8.42 Å². The van der Waals surface area contributed by atoms with Gasteiger partial charge in [-0.2, -0.15) is 0 Å². The van der Waals surface area contributed by atoms with Gasteiger partial charge in [-0.05, 0) is 19.1 Å². The van der Waals surface area contributed by atoms with Crippen molar-refractivity contribution in [3.8, 4) is 11.5 Å². The first kappa shape index (κ1) is 20.3. The Labute approximate surface area is 164 Å². The fourth-order valence-electron chi connectivity index (χ4n) is 2.88. The molecular weight excluding hydrogens is 384 g/mol. The van der Waals surface area contributed by atoms with Gasteiger partial charge < -0.3 is 19.1 Å². The predicted octanol–water partition coefficient (Wildman–Crippen LogP) is 1.12. The highest BCUT2D eigenvalue weighted by Gasteiger charge is 2.21. The van der Waals surface area contributed by atoms with Gasteiger partial charge in [-0.3, -0.25) is 0 Å². The summed E-state index contributed by atoms with van der Waals surface area (Å²) in [5.41, 5.74) is 0.771. The lowest BCUT2D eigenvalue weighted by Crippen LogP contribution is -2.37. The Morgan fingerprint density at radius 2 is 1.89 bits per heavy atom. The second-order valence-corrected chi connectivity index (χ2v) is 7.96. The zero-order chi connectivity index (χ0) is 20.1. The van der Waals surface area contributed by atoms with E-state index in [4.69, 9.17) is 14.2 Å². The van der Waals surface area contributed by atoms with E-state index in [0.29, 0.717) is 24.8 Å². The van der Waals surface area contributed by atoms with Crippen LogP contribution < -0.4 is 19.1 Å². The number of benzene rings is 1. The van der Waals surface area contributed by atoms with E-state index in [0.717, 1.165) is 24.6 Å². The van der Waals surface area contributed by atoms with Crippen molar-refractivity contribution in [1.82, 2.24) is 14.7 Å². The van der Waals surface area contributed by atoms with Gasteiger partial charge in [-0.25, -0.2) is 23.1 Å². The van der Waals surface area contributed by atoms with Gasteiger partial charge in [0.2, 0.25) is 10.0 Å². The van der Waals surface area contributed by atoms with Gasteiger partial charge in [0.15, 0.2) is 0 Å². The van der Waals surface area contributed by atoms with Crippen molar-refractivity contribution in [3.63, 3.8) is 0 Å². The Hall–Kier alpha value is -2.43. The highest BCUT2D eigenvalue weighted by molar-refractivity contribution is 7.89. The maximum absolute atomic E-state index is 12.7. The summed E-state index contributed by atoms with van der Waals surface area (Å²) in [6.45, 7) is 4.59. The molecule has 9 nitrogen and oxygen atoms in total. The Kier molecular flexibility index (Phi) is 6.32. The third kappa shape index (κ3) is 4.70. The summed E-state index contributed by atoms with van der Waals surface area (Å²) in [7, 11) is -0.910. The van der Waals surface area contributed by atoms with Crippen LogP contribution >= 0.6 is 0 Å². The summed E-state index contributed by atoms with van der Waals surface area (Å²) in [5, 5.41) is 0. The lowest BCUT2D eigenvalue weighted by molar-refractivity contribution is 0.122. The monoisotopic (exact) mass is 408 g/mol. The number of nitrogens with zero attached hydrogens (tertiary/aromatic N) is 3. The number of sulfonamides is 1. The van der Waals surface area contributed by atoms with Crippen molar-refractivity contribution >= 4 is 15.8 Å². The van der Waals surface area contributed by atoms with Gasteiger partial charge >= 0.3 is 0 Å². The lowest BCUT2D eigenvalue weighted by Gasteiger charge is -2.28. The Bertz CT molecular complexity index is 930. The van der Waals surface area contributed by atoms with Crippen molar-refractivity contribution in [2.75, 3.05) is 45.4 Å². The molecule has 0 spiro atoms. The molecule has 28 heavy (non-hydrogen) atoms. The summed E-state index contributed by atoms with van der Waals surface area (Å²) in [6.07, 6.45) is 0. The Balaban J connectivity index is 1.78. The molecule has 1 aromatic carbocycles. The van der Waals surface area contributed by atoms with Gasteiger partial charge in [0, 0.05) is 30.9 Å². The van der Waals surface area contributed by atoms with Crippen LogP contribution in [0.3, 0.4) is 0 Å². The largest absolute Gasteiger partial charge is 0.497 e. The molecule has 2 heterocycles. The minimum Gasteiger partial charge on any atom is -0.497 e. The summed E-state index contributed by atoms with van der Waals surface area (Å²) in [5.74, 6) is 1.88. The molecule has 1 aliphatic heterocycles. The van der Waals surface area contributed by atoms with Gasteiger partial charge in [0.25, 0.3) is 0 Å². The van der Waals surface area contributed by atoms with Crippen LogP contribution in [0.1, 0.15) is 11.5 Å². The first-order valence-corrected chi connectivity index (χ1v) is 10.3. The SMILES string of the molecule is COc1ccc(S(=O)(=O)NCc2nc(C)cc(N3CCOCC3)n2)c(OC)c1. The summed E-state index contributed by atoms with van der Waals surface area (Å²) < 4.78 is 43.7. The van der Waals surface area contributed by atoms with Crippen molar-refractivity contribution in [1.29, 1.82) is 0 Å². The average molecular weight is 408 g/mol. The smallest absolute Gasteiger partial charge is 0.244 e. The zero-order valence-corrected chi connectivity index (χ0v) is 17.0. The highest BCUT2D eigenvalue weighted by Crippen LogP contribution is 2.28. The number of morpholine rings is 1. The molecule has 10 heteroatoms. The molecule has 0 bridgehead atoms. The number of hydrogen-bond acceptors (Lipinski definition) is 8. The predicted molar refractivity (Wildman–Crippen MR) is 103 cm³/mol. The molecule has 1 aliphatic rings. The second-order valence-electron chi connectivity index (χ2n) is 6.22. The van der Waals surface area contributed by atoms with E-state index in [-0.39, 0.29) is 17.2 Å². The van der Waals surface area contributed by atoms with E-state index >= 15 is 0 Å². The van der Waals surface area contributed by atoms with Crippen molar-refractivity contribution in [3.05, 3.63) is 35.8 Å². The average Bonchev–Trinajstić information content (AvgIpc) is 2.72. The normalized spacial score (nSPS) is 14.8. The fraction of sp³-hybridized carbons (Fsp3) is 0.444. The van der Waals surface area contributed by atoms with Crippen LogP contribution in [-0.4, -0.2) is 58.9 Å². The maximum Gasteiger partial charge on any atom is 0.244 e. The molecule has 0 amide bonds. The molecule has 1 N–H and O–H groups in total. The molecule has 0 atom stereocenters. The summed E-state index contributed by atoms with van der Waals surface area (Å²) >= 11 is 0. The maximum atomic E-state index is 12.7. The first-order chi connectivity index (χ1) is 13.4. The number of hydrogen-bond donors (Lipinski definition) is 1. The van der Waals surface area contributed by atoms with E-state index in [2.05, 4.69) is 19.6 Å². The molecule has 0 radical (unpaired) electrons. The molecular formula is C18H24N4O5S. The minimum atomic E-state index is -3.82. The molecule has 0 saturated carbocycles. The first-order valence-electron chi connectivity index (χ1n) is 8.82. The number of rotatable bonds is 7. The van der Waals surface area contributed by atoms with Crippen LogP contribution in [0.15, 0.2) is 29.2 Å². The molecule has 1 fully saturated rings. The second kappa shape index (κ2) is 8.72. The topological polar surface area (TPSA) is 103 Å². The summed E-state index contributed by atoms with van der Waals surface area (Å²) in [4.78, 5) is 11.0. The van der Waals surface area contributed by atoms with Crippen LogP contribution in [0.4, 0.5) is 5.82 Å². The number of anilines is 1. The standard InChI is InChI=1S/C18H24N4O5S/c1-13-10-18(22-6-8-27-9-7-22)21-17(20-13)12-19-28(23,24)16-5-4-14(25-2)11-15(16)26-3/h4-5,10-11,19H,6-9,12H2,1-3H3. The van der Waals surface area contributed by atoms with Crippen molar-refractivity contribution in [2.24, 2.45) is 0 Å². The minimum absolute atomic E-state index is 0.0249. The number of aromatic nitrogens is 2. The molecule has 2 aromatic rings. The number of ether oxygens (including phenoxy) is 3. The molecule has 3 rings (SSSR count).